The van der Waals surface area contributed by atoms with E-state index in [1.165, 1.54) is 46.7 Å². The lowest BCUT2D eigenvalue weighted by molar-refractivity contribution is 0.149. The van der Waals surface area contributed by atoms with Crippen molar-refractivity contribution < 1.29 is 0 Å². The van der Waals surface area contributed by atoms with Crippen LogP contribution in [0.2, 0.25) is 0 Å². The Hall–Kier alpha value is -0.900. The molecule has 0 saturated carbocycles. The maximum Gasteiger partial charge on any atom is 0.0346 e. The molecule has 1 aromatic carbocycles. The summed E-state index contributed by atoms with van der Waals surface area (Å²) in [5.41, 5.74) is 1.35. The minimum atomic E-state index is 1.12. The second kappa shape index (κ2) is 5.00. The molecule has 0 bridgehead atoms. The maximum atomic E-state index is 2.57. The molecule has 1 aliphatic rings. The number of nitrogens with zero attached hydrogens (tertiary/aromatic N) is 2. The van der Waals surface area contributed by atoms with E-state index in [2.05, 4.69) is 48.0 Å². The predicted molar refractivity (Wildman–Crippen MR) is 79.3 cm³/mol. The Labute approximate surface area is 113 Å². The molecule has 0 amide bonds. The Kier molecular flexibility index (Phi) is 3.37. The predicted octanol–water partition coefficient (Wildman–Crippen LogP) is 2.96. The van der Waals surface area contributed by atoms with Crippen molar-refractivity contribution in [3.63, 3.8) is 0 Å². The van der Waals surface area contributed by atoms with E-state index in [4.69, 9.17) is 0 Å². The van der Waals surface area contributed by atoms with Gasteiger partial charge in [0.05, 0.1) is 0 Å². The number of rotatable bonds is 2. The topological polar surface area (TPSA) is 6.48 Å². The van der Waals surface area contributed by atoms with Gasteiger partial charge in [0, 0.05) is 42.3 Å². The number of hydrogen-bond donors (Lipinski definition) is 0. The summed E-state index contributed by atoms with van der Waals surface area (Å²) in [6.45, 7) is 8.07. The van der Waals surface area contributed by atoms with Gasteiger partial charge in [-0.05, 0) is 31.5 Å². The first-order valence-corrected chi connectivity index (χ1v) is 7.42. The molecule has 0 N–H and O–H groups in total. The van der Waals surface area contributed by atoms with Crippen molar-refractivity contribution in [2.24, 2.45) is 0 Å². The van der Waals surface area contributed by atoms with Gasteiger partial charge < -0.3 is 4.90 Å². The fraction of sp³-hybridized carbons (Fsp3) is 0.467. The van der Waals surface area contributed by atoms with Crippen LogP contribution in [0.4, 0.5) is 0 Å². The molecule has 1 saturated heterocycles. The fourth-order valence-electron chi connectivity index (χ4n) is 2.52. The summed E-state index contributed by atoms with van der Waals surface area (Å²) in [4.78, 5) is 6.47. The maximum absolute atomic E-state index is 2.57. The van der Waals surface area contributed by atoms with Crippen LogP contribution >= 0.6 is 11.3 Å². The summed E-state index contributed by atoms with van der Waals surface area (Å²) in [7, 11) is 2.21. The SMILES string of the molecule is Cc1ccc2sc(CN3CCN(C)CC3)cc2c1. The molecule has 1 aliphatic heterocycles. The van der Waals surface area contributed by atoms with Crippen LogP contribution in [0.25, 0.3) is 10.1 Å². The van der Waals surface area contributed by atoms with Crippen molar-refractivity contribution in [2.45, 2.75) is 13.5 Å². The van der Waals surface area contributed by atoms with Crippen LogP contribution < -0.4 is 0 Å². The summed E-state index contributed by atoms with van der Waals surface area (Å²) < 4.78 is 1.42. The monoisotopic (exact) mass is 260 g/mol. The van der Waals surface area contributed by atoms with Gasteiger partial charge in [0.1, 0.15) is 0 Å². The van der Waals surface area contributed by atoms with Crippen molar-refractivity contribution in [1.29, 1.82) is 0 Å². The van der Waals surface area contributed by atoms with Gasteiger partial charge in [-0.2, -0.15) is 0 Å². The molecule has 2 heterocycles. The first-order chi connectivity index (χ1) is 8.70. The minimum Gasteiger partial charge on any atom is -0.304 e. The normalized spacial score (nSPS) is 18.6. The van der Waals surface area contributed by atoms with Crippen molar-refractivity contribution in [1.82, 2.24) is 9.80 Å². The van der Waals surface area contributed by atoms with Gasteiger partial charge in [0.25, 0.3) is 0 Å². The zero-order valence-corrected chi connectivity index (χ0v) is 12.0. The van der Waals surface area contributed by atoms with Gasteiger partial charge in [-0.3, -0.25) is 4.90 Å². The molecule has 0 atom stereocenters. The molecule has 18 heavy (non-hydrogen) atoms. The van der Waals surface area contributed by atoms with Crippen molar-refractivity contribution >= 4 is 21.4 Å². The third-order valence-electron chi connectivity index (χ3n) is 3.70. The number of hydrogen-bond acceptors (Lipinski definition) is 3. The highest BCUT2D eigenvalue weighted by atomic mass is 32.1. The quantitative estimate of drug-likeness (QED) is 0.819. The van der Waals surface area contributed by atoms with Crippen LogP contribution in [0.15, 0.2) is 24.3 Å². The van der Waals surface area contributed by atoms with E-state index >= 15 is 0 Å². The Balaban J connectivity index is 1.74. The van der Waals surface area contributed by atoms with Gasteiger partial charge in [-0.25, -0.2) is 0 Å². The highest BCUT2D eigenvalue weighted by Crippen LogP contribution is 2.27. The third kappa shape index (κ3) is 2.58. The minimum absolute atomic E-state index is 1.12. The lowest BCUT2D eigenvalue weighted by Crippen LogP contribution is -2.43. The van der Waals surface area contributed by atoms with E-state index in [1.54, 1.807) is 0 Å². The highest BCUT2D eigenvalue weighted by molar-refractivity contribution is 7.19. The van der Waals surface area contributed by atoms with Crippen molar-refractivity contribution in [3.8, 4) is 0 Å². The molecule has 0 spiro atoms. The average molecular weight is 260 g/mol. The van der Waals surface area contributed by atoms with Crippen LogP contribution in [0.1, 0.15) is 10.4 Å². The van der Waals surface area contributed by atoms with Crippen molar-refractivity contribution in [2.75, 3.05) is 33.2 Å². The fourth-order valence-corrected chi connectivity index (χ4v) is 3.61. The van der Waals surface area contributed by atoms with E-state index < -0.39 is 0 Å². The van der Waals surface area contributed by atoms with Crippen LogP contribution in [0.5, 0.6) is 0 Å². The Morgan fingerprint density at radius 3 is 2.67 bits per heavy atom. The number of aryl methyl sites for hydroxylation is 1. The summed E-state index contributed by atoms with van der Waals surface area (Å²) in [6.07, 6.45) is 0. The second-order valence-corrected chi connectivity index (χ2v) is 6.50. The van der Waals surface area contributed by atoms with Crippen molar-refractivity contribution in [3.05, 3.63) is 34.7 Å². The van der Waals surface area contributed by atoms with Gasteiger partial charge >= 0.3 is 0 Å². The number of thiophene rings is 1. The van der Waals surface area contributed by atoms with Crippen LogP contribution in [0, 0.1) is 6.92 Å². The van der Waals surface area contributed by atoms with Gasteiger partial charge in [-0.1, -0.05) is 17.7 Å². The Morgan fingerprint density at radius 2 is 1.89 bits per heavy atom. The zero-order chi connectivity index (χ0) is 12.5. The zero-order valence-electron chi connectivity index (χ0n) is 11.1. The first kappa shape index (κ1) is 12.2. The van der Waals surface area contributed by atoms with Crippen LogP contribution in [0.3, 0.4) is 0 Å². The summed E-state index contributed by atoms with van der Waals surface area (Å²) in [5.74, 6) is 0. The number of likely N-dealkylation sites (N-methyl/N-ethyl adjacent to an activating group) is 1. The van der Waals surface area contributed by atoms with Gasteiger partial charge in [0.2, 0.25) is 0 Å². The lowest BCUT2D eigenvalue weighted by atomic mass is 10.2. The largest absolute Gasteiger partial charge is 0.304 e. The molecule has 0 radical (unpaired) electrons. The molecule has 3 rings (SSSR count). The number of benzene rings is 1. The Bertz CT molecular complexity index is 538. The molecule has 96 valence electrons. The molecule has 1 aromatic heterocycles. The molecule has 3 heteroatoms. The summed E-state index contributed by atoms with van der Waals surface area (Å²) in [5, 5.41) is 1.41. The van der Waals surface area contributed by atoms with E-state index in [-0.39, 0.29) is 0 Å². The first-order valence-electron chi connectivity index (χ1n) is 6.61. The molecule has 2 nitrogen and oxygen atoms in total. The number of piperazine rings is 1. The summed E-state index contributed by atoms with van der Waals surface area (Å²) >= 11 is 1.95. The second-order valence-electron chi connectivity index (χ2n) is 5.33. The average Bonchev–Trinajstić information content (AvgIpc) is 2.73. The standard InChI is InChI=1S/C15H20N2S/c1-12-3-4-15-13(9-12)10-14(18-15)11-17-7-5-16(2)6-8-17/h3-4,9-10H,5-8,11H2,1-2H3. The molecular weight excluding hydrogens is 240 g/mol. The Morgan fingerprint density at radius 1 is 1.11 bits per heavy atom. The smallest absolute Gasteiger partial charge is 0.0346 e. The van der Waals surface area contributed by atoms with E-state index in [1.807, 2.05) is 11.3 Å². The number of fused-ring (bicyclic) bond motifs is 1. The van der Waals surface area contributed by atoms with E-state index in [0.29, 0.717) is 0 Å². The molecule has 1 fully saturated rings. The van der Waals surface area contributed by atoms with E-state index in [9.17, 15) is 0 Å². The van der Waals surface area contributed by atoms with Crippen LogP contribution in [-0.2, 0) is 6.54 Å². The van der Waals surface area contributed by atoms with E-state index in [0.717, 1.165) is 6.54 Å². The van der Waals surface area contributed by atoms with Crippen LogP contribution in [-0.4, -0.2) is 43.0 Å². The summed E-state index contributed by atoms with van der Waals surface area (Å²) in [6, 6.07) is 9.12. The molecular formula is C15H20N2S. The lowest BCUT2D eigenvalue weighted by Gasteiger charge is -2.31. The molecule has 0 unspecified atom stereocenters. The van der Waals surface area contributed by atoms with Gasteiger partial charge in [0.15, 0.2) is 0 Å². The molecule has 0 aliphatic carbocycles. The molecule has 2 aromatic rings. The highest BCUT2D eigenvalue weighted by Gasteiger charge is 2.14. The van der Waals surface area contributed by atoms with Gasteiger partial charge in [-0.15, -0.1) is 11.3 Å². The third-order valence-corrected chi connectivity index (χ3v) is 4.80.